The fourth-order valence-corrected chi connectivity index (χ4v) is 3.22. The Bertz CT molecular complexity index is 671. The minimum atomic E-state index is -3.41. The van der Waals surface area contributed by atoms with Gasteiger partial charge in [0.15, 0.2) is 6.23 Å². The van der Waals surface area contributed by atoms with E-state index in [1.807, 2.05) is 4.98 Å². The van der Waals surface area contributed by atoms with Crippen LogP contribution in [0.5, 0.6) is 0 Å². The van der Waals surface area contributed by atoms with Crippen LogP contribution in [0.4, 0.5) is 0 Å². The van der Waals surface area contributed by atoms with Crippen molar-refractivity contribution in [3.63, 3.8) is 0 Å². The Balaban J connectivity index is 2.33. The van der Waals surface area contributed by atoms with Crippen molar-refractivity contribution in [3.8, 4) is 0 Å². The topological polar surface area (TPSA) is 134 Å². The highest BCUT2D eigenvalue weighted by molar-refractivity contribution is 8.59. The number of ether oxygens (including phenoxy) is 1. The van der Waals surface area contributed by atoms with Crippen molar-refractivity contribution in [2.75, 3.05) is 6.61 Å². The van der Waals surface area contributed by atoms with E-state index in [1.54, 1.807) is 0 Å². The lowest BCUT2D eigenvalue weighted by Crippen LogP contribution is -2.38. The summed E-state index contributed by atoms with van der Waals surface area (Å²) in [6, 6.07) is 1.08. The van der Waals surface area contributed by atoms with Crippen molar-refractivity contribution in [2.45, 2.75) is 24.5 Å². The van der Waals surface area contributed by atoms with Gasteiger partial charge in [-0.15, -0.1) is 0 Å². The normalized spacial score (nSPS) is 32.0. The summed E-state index contributed by atoms with van der Waals surface area (Å²) in [7, 11) is 0. The van der Waals surface area contributed by atoms with Crippen molar-refractivity contribution in [1.82, 2.24) is 9.55 Å². The van der Waals surface area contributed by atoms with Crippen LogP contribution in [0.25, 0.3) is 0 Å². The summed E-state index contributed by atoms with van der Waals surface area (Å²) in [5.74, 6) is 0. The molecule has 1 aromatic heterocycles. The molecule has 0 bridgehead atoms. The van der Waals surface area contributed by atoms with Gasteiger partial charge < -0.3 is 24.4 Å². The Hall–Kier alpha value is -0.520. The highest BCUT2D eigenvalue weighted by Gasteiger charge is 2.47. The van der Waals surface area contributed by atoms with Crippen LogP contribution in [0.15, 0.2) is 21.9 Å². The molecule has 0 saturated carbocycles. The van der Waals surface area contributed by atoms with Crippen molar-refractivity contribution in [1.29, 1.82) is 0 Å². The second-order valence-corrected chi connectivity index (χ2v) is 9.43. The largest absolute Gasteiger partial charge is 0.394 e. The Kier molecular flexibility index (Phi) is 5.06. The van der Waals surface area contributed by atoms with Gasteiger partial charge in [0.1, 0.15) is 18.3 Å². The number of aromatic nitrogens is 2. The maximum atomic E-state index is 11.7. The molecule has 1 aliphatic rings. The van der Waals surface area contributed by atoms with E-state index >= 15 is 0 Å². The molecular weight excluding hydrogens is 343 g/mol. The van der Waals surface area contributed by atoms with Crippen LogP contribution in [0, 0.1) is 0 Å². The maximum Gasteiger partial charge on any atom is 0.330 e. The van der Waals surface area contributed by atoms with Gasteiger partial charge in [-0.05, 0) is 11.8 Å². The number of H-pyrrole nitrogens is 1. The first-order chi connectivity index (χ1) is 9.73. The molecule has 0 radical (unpaired) electrons. The van der Waals surface area contributed by atoms with Gasteiger partial charge in [0.05, 0.1) is 6.61 Å². The number of rotatable bonds is 4. The first kappa shape index (κ1) is 16.8. The van der Waals surface area contributed by atoms with E-state index in [9.17, 15) is 24.7 Å². The third-order valence-corrected chi connectivity index (χ3v) is 3.93. The van der Waals surface area contributed by atoms with Crippen molar-refractivity contribution in [2.24, 2.45) is 0 Å². The maximum absolute atomic E-state index is 11.7. The Morgan fingerprint density at radius 1 is 1.57 bits per heavy atom. The summed E-state index contributed by atoms with van der Waals surface area (Å²) in [5, 5.41) is 19.4. The molecule has 2 heterocycles. The lowest BCUT2D eigenvalue weighted by Gasteiger charge is -2.22. The molecule has 1 aromatic rings. The second kappa shape index (κ2) is 6.31. The minimum Gasteiger partial charge on any atom is -0.394 e. The van der Waals surface area contributed by atoms with Crippen molar-refractivity contribution >= 4 is 29.7 Å². The van der Waals surface area contributed by atoms with Crippen molar-refractivity contribution in [3.05, 3.63) is 33.1 Å². The molecule has 1 fully saturated rings. The van der Waals surface area contributed by atoms with Gasteiger partial charge in [0.25, 0.3) is 5.56 Å². The molecule has 4 N–H and O–H groups in total. The van der Waals surface area contributed by atoms with Crippen LogP contribution in [0.2, 0.25) is 0 Å². The van der Waals surface area contributed by atoms with Crippen LogP contribution in [0.3, 0.4) is 0 Å². The lowest BCUT2D eigenvalue weighted by atomic mass is 10.1. The van der Waals surface area contributed by atoms with E-state index in [0.29, 0.717) is 0 Å². The first-order valence-electron chi connectivity index (χ1n) is 5.73. The van der Waals surface area contributed by atoms with Crippen LogP contribution in [-0.2, 0) is 21.1 Å². The molecule has 21 heavy (non-hydrogen) atoms. The highest BCUT2D eigenvalue weighted by Crippen LogP contribution is 2.51. The molecule has 1 saturated heterocycles. The van der Waals surface area contributed by atoms with Crippen molar-refractivity contribution < 1.29 is 24.4 Å². The SMILES string of the molecule is O=c1ccn([C@@H]2O[C@H](CO)[C@@H](OP(O)(=S)S)[C@H]2O)c(=O)[nH]1. The Morgan fingerprint density at radius 3 is 2.76 bits per heavy atom. The lowest BCUT2D eigenvalue weighted by molar-refractivity contribution is -0.0544. The Morgan fingerprint density at radius 2 is 2.24 bits per heavy atom. The highest BCUT2D eigenvalue weighted by atomic mass is 32.9. The Labute approximate surface area is 128 Å². The molecular formula is C9H13N2O7PS2. The summed E-state index contributed by atoms with van der Waals surface area (Å²) in [4.78, 5) is 34.2. The molecule has 0 aliphatic carbocycles. The summed E-state index contributed by atoms with van der Waals surface area (Å²) >= 11 is 8.31. The summed E-state index contributed by atoms with van der Waals surface area (Å²) in [6.07, 6.45) is -3.63. The van der Waals surface area contributed by atoms with E-state index in [4.69, 9.17) is 9.26 Å². The average molecular weight is 356 g/mol. The van der Waals surface area contributed by atoms with Crippen LogP contribution in [0.1, 0.15) is 6.23 Å². The zero-order valence-corrected chi connectivity index (χ0v) is 13.0. The number of thiol groups is 1. The molecule has 0 spiro atoms. The quantitative estimate of drug-likeness (QED) is 0.319. The van der Waals surface area contributed by atoms with Crippen LogP contribution < -0.4 is 11.2 Å². The van der Waals surface area contributed by atoms with E-state index in [-0.39, 0.29) is 0 Å². The standard InChI is InChI=1S/C9H13N2O7PS2/c12-3-4-7(18-19(16,20)21)6(14)8(17-4)11-2-1-5(13)10-9(11)15/h1-2,4,6-8,12,14H,3H2,(H,10,13,15)(H2,16,20,21)/t4-,6-,7-,8-/m1/s1. The molecule has 5 atom stereocenters. The number of nitrogens with one attached hydrogen (secondary N) is 1. The summed E-state index contributed by atoms with van der Waals surface area (Å²) < 4.78 is 11.3. The fourth-order valence-electron chi connectivity index (χ4n) is 2.01. The van der Waals surface area contributed by atoms with Gasteiger partial charge in [0, 0.05) is 12.3 Å². The number of aromatic amines is 1. The second-order valence-electron chi connectivity index (χ2n) is 4.32. The van der Waals surface area contributed by atoms with Gasteiger partial charge in [-0.2, -0.15) is 0 Å². The summed E-state index contributed by atoms with van der Waals surface area (Å²) in [5.41, 5.74) is -4.80. The van der Waals surface area contributed by atoms with Crippen LogP contribution in [-0.4, -0.2) is 49.6 Å². The number of hydrogen-bond acceptors (Lipinski definition) is 7. The predicted molar refractivity (Wildman–Crippen MR) is 78.7 cm³/mol. The van der Waals surface area contributed by atoms with Crippen LogP contribution >= 0.6 is 17.9 Å². The van der Waals surface area contributed by atoms with E-state index in [1.165, 1.54) is 0 Å². The molecule has 1 unspecified atom stereocenters. The first-order valence-corrected chi connectivity index (χ1v) is 9.55. The molecule has 0 aromatic carbocycles. The molecule has 12 heteroatoms. The third kappa shape index (κ3) is 3.82. The number of aliphatic hydroxyl groups is 2. The van der Waals surface area contributed by atoms with E-state index in [2.05, 4.69) is 24.1 Å². The summed E-state index contributed by atoms with van der Waals surface area (Å²) in [6.45, 7) is -0.528. The monoisotopic (exact) mass is 356 g/mol. The number of nitrogens with zero attached hydrogens (tertiary/aromatic N) is 1. The van der Waals surface area contributed by atoms with Gasteiger partial charge in [-0.25, -0.2) is 4.79 Å². The minimum absolute atomic E-state index is 0.528. The van der Waals surface area contributed by atoms with Gasteiger partial charge in [-0.3, -0.25) is 14.3 Å². The molecule has 0 amide bonds. The average Bonchev–Trinajstić information content (AvgIpc) is 2.65. The zero-order chi connectivity index (χ0) is 15.8. The number of hydrogen-bond donors (Lipinski definition) is 5. The molecule has 118 valence electrons. The van der Waals surface area contributed by atoms with Gasteiger partial charge >= 0.3 is 5.69 Å². The molecule has 2 rings (SSSR count). The van der Waals surface area contributed by atoms with E-state index < -0.39 is 48.1 Å². The smallest absolute Gasteiger partial charge is 0.330 e. The van der Waals surface area contributed by atoms with E-state index in [0.717, 1.165) is 16.8 Å². The molecule has 9 nitrogen and oxygen atoms in total. The fraction of sp³-hybridized carbons (Fsp3) is 0.556. The molecule has 1 aliphatic heterocycles. The number of aliphatic hydroxyl groups excluding tert-OH is 2. The third-order valence-electron chi connectivity index (χ3n) is 2.87. The van der Waals surface area contributed by atoms with Gasteiger partial charge in [-0.1, -0.05) is 12.2 Å². The zero-order valence-electron chi connectivity index (χ0n) is 10.4. The van der Waals surface area contributed by atoms with Gasteiger partial charge in [0.2, 0.25) is 5.69 Å². The predicted octanol–water partition coefficient (Wildman–Crippen LogP) is -1.68.